The second-order valence-electron chi connectivity index (χ2n) is 7.21. The van der Waals surface area contributed by atoms with E-state index in [1.807, 2.05) is 38.1 Å². The number of benzene rings is 2. The lowest BCUT2D eigenvalue weighted by Crippen LogP contribution is -2.49. The number of hydrogen-bond acceptors (Lipinski definition) is 5. The third-order valence-electron chi connectivity index (χ3n) is 4.42. The molecule has 0 saturated heterocycles. The average molecular weight is 435 g/mol. The van der Waals surface area contributed by atoms with Gasteiger partial charge in [0.25, 0.3) is 0 Å². The fourth-order valence-corrected chi connectivity index (χ4v) is 4.27. The molecule has 8 heteroatoms. The molecule has 0 radical (unpaired) electrons. The number of anilines is 1. The number of methoxy groups -OCH3 is 1. The van der Waals surface area contributed by atoms with Crippen LogP contribution in [0.15, 0.2) is 48.5 Å². The van der Waals surface area contributed by atoms with E-state index in [1.54, 1.807) is 31.2 Å². The molecule has 0 bridgehead atoms. The molecule has 2 aromatic rings. The minimum Gasteiger partial charge on any atom is -0.497 e. The van der Waals surface area contributed by atoms with Crippen molar-refractivity contribution in [1.82, 2.24) is 5.32 Å². The third kappa shape index (κ3) is 6.38. The first kappa shape index (κ1) is 23.5. The van der Waals surface area contributed by atoms with Crippen LogP contribution < -0.4 is 19.1 Å². The molecule has 2 rings (SSSR count). The van der Waals surface area contributed by atoms with Gasteiger partial charge in [-0.15, -0.1) is 0 Å². The Balaban J connectivity index is 2.15. The second-order valence-corrected chi connectivity index (χ2v) is 9.07. The Morgan fingerprint density at radius 2 is 1.60 bits per heavy atom. The van der Waals surface area contributed by atoms with Crippen LogP contribution in [0.25, 0.3) is 0 Å². The average Bonchev–Trinajstić information content (AvgIpc) is 2.70. The van der Waals surface area contributed by atoms with Gasteiger partial charge < -0.3 is 14.8 Å². The van der Waals surface area contributed by atoms with Gasteiger partial charge in [-0.2, -0.15) is 0 Å². The van der Waals surface area contributed by atoms with Gasteiger partial charge >= 0.3 is 0 Å². The first-order chi connectivity index (χ1) is 14.2. The standard InChI is InChI=1S/C22H30N2O5S/c1-6-21(24(30(5,26)27)18-9-13-19(28-4)14-10-18)22(25)23-15-17-7-11-20(12-8-17)29-16(2)3/h7-14,16,21H,6,15H2,1-5H3,(H,23,25)/t21-/m1/s1. The van der Waals surface area contributed by atoms with Gasteiger partial charge in [-0.25, -0.2) is 8.42 Å². The minimum absolute atomic E-state index is 0.0841. The number of nitrogens with one attached hydrogen (secondary N) is 1. The Kier molecular flexibility index (Phi) is 8.11. The van der Waals surface area contributed by atoms with Crippen molar-refractivity contribution < 1.29 is 22.7 Å². The summed E-state index contributed by atoms with van der Waals surface area (Å²) in [4.78, 5) is 12.9. The Morgan fingerprint density at radius 3 is 2.07 bits per heavy atom. The summed E-state index contributed by atoms with van der Waals surface area (Å²) in [6.07, 6.45) is 1.51. The zero-order valence-corrected chi connectivity index (χ0v) is 18.9. The molecule has 0 heterocycles. The van der Waals surface area contributed by atoms with Gasteiger partial charge in [0, 0.05) is 6.54 Å². The first-order valence-corrected chi connectivity index (χ1v) is 11.7. The largest absolute Gasteiger partial charge is 0.497 e. The van der Waals surface area contributed by atoms with E-state index in [9.17, 15) is 13.2 Å². The highest BCUT2D eigenvalue weighted by atomic mass is 32.2. The molecular formula is C22H30N2O5S. The molecule has 1 amide bonds. The Bertz CT molecular complexity index is 925. The number of rotatable bonds is 10. The third-order valence-corrected chi connectivity index (χ3v) is 5.60. The lowest BCUT2D eigenvalue weighted by Gasteiger charge is -2.30. The lowest BCUT2D eigenvalue weighted by atomic mass is 10.1. The molecule has 7 nitrogen and oxygen atoms in total. The summed E-state index contributed by atoms with van der Waals surface area (Å²) in [7, 11) is -2.14. The number of hydrogen-bond donors (Lipinski definition) is 1. The maximum atomic E-state index is 12.9. The van der Waals surface area contributed by atoms with Crippen molar-refractivity contribution in [2.75, 3.05) is 17.7 Å². The van der Waals surface area contributed by atoms with Crippen molar-refractivity contribution in [3.05, 3.63) is 54.1 Å². The van der Waals surface area contributed by atoms with Crippen molar-refractivity contribution in [2.45, 2.75) is 45.9 Å². The van der Waals surface area contributed by atoms with Crippen molar-refractivity contribution in [1.29, 1.82) is 0 Å². The molecule has 0 unspecified atom stereocenters. The summed E-state index contributed by atoms with van der Waals surface area (Å²) in [6.45, 7) is 5.98. The van der Waals surface area contributed by atoms with Crippen LogP contribution in [-0.4, -0.2) is 39.8 Å². The summed E-state index contributed by atoms with van der Waals surface area (Å²) in [5.74, 6) is 1.00. The van der Waals surface area contributed by atoms with Crippen LogP contribution in [0.2, 0.25) is 0 Å². The number of ether oxygens (including phenoxy) is 2. The van der Waals surface area contributed by atoms with E-state index >= 15 is 0 Å². The zero-order chi connectivity index (χ0) is 22.3. The molecule has 0 fully saturated rings. The summed E-state index contributed by atoms with van der Waals surface area (Å²) < 4.78 is 36.9. The number of nitrogens with zero attached hydrogens (tertiary/aromatic N) is 1. The fraction of sp³-hybridized carbons (Fsp3) is 0.409. The van der Waals surface area contributed by atoms with Crippen LogP contribution in [0.3, 0.4) is 0 Å². The van der Waals surface area contributed by atoms with Crippen molar-refractivity contribution >= 4 is 21.6 Å². The van der Waals surface area contributed by atoms with E-state index in [0.717, 1.165) is 21.9 Å². The van der Waals surface area contributed by atoms with E-state index in [2.05, 4.69) is 5.32 Å². The molecule has 0 spiro atoms. The molecule has 0 aromatic heterocycles. The zero-order valence-electron chi connectivity index (χ0n) is 18.1. The van der Waals surface area contributed by atoms with Gasteiger partial charge in [0.2, 0.25) is 15.9 Å². The minimum atomic E-state index is -3.68. The van der Waals surface area contributed by atoms with Gasteiger partial charge in [-0.05, 0) is 62.2 Å². The van der Waals surface area contributed by atoms with Gasteiger partial charge in [-0.3, -0.25) is 9.10 Å². The summed E-state index contributed by atoms with van der Waals surface area (Å²) in [5, 5.41) is 2.84. The smallest absolute Gasteiger partial charge is 0.244 e. The van der Waals surface area contributed by atoms with E-state index in [1.165, 1.54) is 7.11 Å². The highest BCUT2D eigenvalue weighted by molar-refractivity contribution is 7.92. The van der Waals surface area contributed by atoms with Gasteiger partial charge in [0.05, 0.1) is 25.2 Å². The van der Waals surface area contributed by atoms with Crippen LogP contribution in [0, 0.1) is 0 Å². The number of carbonyl (C=O) groups is 1. The quantitative estimate of drug-likeness (QED) is 0.620. The first-order valence-electron chi connectivity index (χ1n) is 9.82. The van der Waals surface area contributed by atoms with Crippen molar-refractivity contribution in [3.8, 4) is 11.5 Å². The predicted octanol–water partition coefficient (Wildman–Crippen LogP) is 3.34. The molecule has 1 N–H and O–H groups in total. The Labute approximate surface area is 179 Å². The number of sulfonamides is 1. The number of amides is 1. The molecular weight excluding hydrogens is 404 g/mol. The van der Waals surface area contributed by atoms with Crippen LogP contribution in [0.5, 0.6) is 11.5 Å². The molecule has 2 aromatic carbocycles. The molecule has 30 heavy (non-hydrogen) atoms. The maximum absolute atomic E-state index is 12.9. The van der Waals surface area contributed by atoms with Crippen LogP contribution >= 0.6 is 0 Å². The lowest BCUT2D eigenvalue weighted by molar-refractivity contribution is -0.122. The van der Waals surface area contributed by atoms with Gasteiger partial charge in [-0.1, -0.05) is 19.1 Å². The summed E-state index contributed by atoms with van der Waals surface area (Å²) in [6, 6.07) is 13.2. The highest BCUT2D eigenvalue weighted by Crippen LogP contribution is 2.25. The highest BCUT2D eigenvalue weighted by Gasteiger charge is 2.31. The maximum Gasteiger partial charge on any atom is 0.244 e. The van der Waals surface area contributed by atoms with Gasteiger partial charge in [0.1, 0.15) is 17.5 Å². The molecule has 164 valence electrons. The van der Waals surface area contributed by atoms with E-state index in [4.69, 9.17) is 9.47 Å². The van der Waals surface area contributed by atoms with Crippen molar-refractivity contribution in [3.63, 3.8) is 0 Å². The van der Waals surface area contributed by atoms with Crippen molar-refractivity contribution in [2.24, 2.45) is 0 Å². The Morgan fingerprint density at radius 1 is 1.03 bits per heavy atom. The number of carbonyl (C=O) groups excluding carboxylic acids is 1. The van der Waals surface area contributed by atoms with E-state index < -0.39 is 16.1 Å². The Hall–Kier alpha value is -2.74. The molecule has 1 atom stereocenters. The van der Waals surface area contributed by atoms with E-state index in [0.29, 0.717) is 17.9 Å². The molecule has 0 aliphatic heterocycles. The SMILES string of the molecule is CC[C@H](C(=O)NCc1ccc(OC(C)C)cc1)N(c1ccc(OC)cc1)S(C)(=O)=O. The molecule has 0 aliphatic carbocycles. The summed E-state index contributed by atoms with van der Waals surface area (Å²) in [5.41, 5.74) is 1.31. The topological polar surface area (TPSA) is 84.9 Å². The normalized spacial score (nSPS) is 12.3. The molecule has 0 saturated carbocycles. The molecule has 0 aliphatic rings. The second kappa shape index (κ2) is 10.3. The van der Waals surface area contributed by atoms with Gasteiger partial charge in [0.15, 0.2) is 0 Å². The van der Waals surface area contributed by atoms with E-state index in [-0.39, 0.29) is 18.6 Å². The predicted molar refractivity (Wildman–Crippen MR) is 118 cm³/mol. The monoisotopic (exact) mass is 434 g/mol. The van der Waals surface area contributed by atoms with Crippen LogP contribution in [-0.2, 0) is 21.4 Å². The summed E-state index contributed by atoms with van der Waals surface area (Å²) >= 11 is 0. The fourth-order valence-electron chi connectivity index (χ4n) is 3.05. The van der Waals surface area contributed by atoms with Crippen LogP contribution in [0.1, 0.15) is 32.8 Å². The van der Waals surface area contributed by atoms with Crippen LogP contribution in [0.4, 0.5) is 5.69 Å².